The molecule has 0 aliphatic rings. The molecule has 0 saturated carbocycles. The first-order valence-corrected chi connectivity index (χ1v) is 7.84. The summed E-state index contributed by atoms with van der Waals surface area (Å²) >= 11 is 0. The van der Waals surface area contributed by atoms with Gasteiger partial charge in [-0.15, -0.1) is 0 Å². The summed E-state index contributed by atoms with van der Waals surface area (Å²) in [6.07, 6.45) is 3.91. The summed E-state index contributed by atoms with van der Waals surface area (Å²) in [5.41, 5.74) is 1.70. The second-order valence-corrected chi connectivity index (χ2v) is 5.76. The van der Waals surface area contributed by atoms with E-state index in [2.05, 4.69) is 4.98 Å². The zero-order chi connectivity index (χ0) is 16.7. The van der Waals surface area contributed by atoms with Crippen LogP contribution >= 0.6 is 0 Å². The summed E-state index contributed by atoms with van der Waals surface area (Å²) < 4.78 is 0. The van der Waals surface area contributed by atoms with Crippen molar-refractivity contribution in [3.8, 4) is 0 Å². The lowest BCUT2D eigenvalue weighted by molar-refractivity contribution is -0.133. The molecule has 0 aliphatic carbocycles. The molecule has 0 radical (unpaired) electrons. The first-order chi connectivity index (χ1) is 11.1. The molecule has 0 fully saturated rings. The van der Waals surface area contributed by atoms with E-state index >= 15 is 0 Å². The predicted molar refractivity (Wildman–Crippen MR) is 89.9 cm³/mol. The molecule has 4 heteroatoms. The average molecular weight is 310 g/mol. The zero-order valence-electron chi connectivity index (χ0n) is 13.6. The molecule has 2 rings (SSSR count). The van der Waals surface area contributed by atoms with Gasteiger partial charge in [-0.05, 0) is 31.5 Å². The molecule has 1 aromatic carbocycles. The molecule has 23 heavy (non-hydrogen) atoms. The van der Waals surface area contributed by atoms with Crippen LogP contribution in [0.1, 0.15) is 42.6 Å². The molecule has 0 spiro atoms. The number of benzene rings is 1. The van der Waals surface area contributed by atoms with Crippen LogP contribution in [0.4, 0.5) is 0 Å². The summed E-state index contributed by atoms with van der Waals surface area (Å²) in [7, 11) is 0. The summed E-state index contributed by atoms with van der Waals surface area (Å²) in [5.74, 6) is 0.00709. The van der Waals surface area contributed by atoms with Crippen molar-refractivity contribution in [2.24, 2.45) is 0 Å². The van der Waals surface area contributed by atoms with Crippen molar-refractivity contribution in [1.82, 2.24) is 9.88 Å². The molecule has 1 amide bonds. The topological polar surface area (TPSA) is 50.3 Å². The maximum Gasteiger partial charge on any atom is 0.223 e. The quantitative estimate of drug-likeness (QED) is 0.736. The predicted octanol–water partition coefficient (Wildman–Crippen LogP) is 3.48. The maximum atomic E-state index is 12.5. The van der Waals surface area contributed by atoms with Crippen molar-refractivity contribution in [3.05, 3.63) is 66.0 Å². The fourth-order valence-electron chi connectivity index (χ4n) is 2.38. The molecule has 2 aromatic rings. The third-order valence-corrected chi connectivity index (χ3v) is 3.71. The molecule has 0 N–H and O–H groups in total. The summed E-state index contributed by atoms with van der Waals surface area (Å²) in [5, 5.41) is 0. The van der Waals surface area contributed by atoms with Crippen LogP contribution in [0.2, 0.25) is 0 Å². The van der Waals surface area contributed by atoms with Gasteiger partial charge in [0.1, 0.15) is 0 Å². The van der Waals surface area contributed by atoms with E-state index in [0.717, 1.165) is 5.56 Å². The number of carbonyl (C=O) groups excluding carboxylic acids is 2. The minimum absolute atomic E-state index is 0.00101. The van der Waals surface area contributed by atoms with Crippen LogP contribution in [0, 0.1) is 0 Å². The molecule has 0 aliphatic heterocycles. The summed E-state index contributed by atoms with van der Waals surface area (Å²) in [6.45, 7) is 4.51. The lowest BCUT2D eigenvalue weighted by Gasteiger charge is -2.27. The Balaban J connectivity index is 1.95. The van der Waals surface area contributed by atoms with Crippen LogP contribution in [0.15, 0.2) is 54.9 Å². The van der Waals surface area contributed by atoms with Crippen LogP contribution in [-0.4, -0.2) is 27.6 Å². The fourth-order valence-corrected chi connectivity index (χ4v) is 2.38. The first kappa shape index (κ1) is 16.9. The lowest BCUT2D eigenvalue weighted by atomic mass is 10.1. The number of amides is 1. The fraction of sp³-hybridized carbons (Fsp3) is 0.316. The molecule has 120 valence electrons. The molecule has 0 atom stereocenters. The van der Waals surface area contributed by atoms with E-state index in [9.17, 15) is 9.59 Å². The third kappa shape index (κ3) is 5.02. The van der Waals surface area contributed by atoms with Gasteiger partial charge in [0.15, 0.2) is 5.78 Å². The van der Waals surface area contributed by atoms with E-state index in [1.54, 1.807) is 29.4 Å². The van der Waals surface area contributed by atoms with Gasteiger partial charge in [-0.25, -0.2) is 0 Å². The number of nitrogens with zero attached hydrogens (tertiary/aromatic N) is 2. The molecule has 1 heterocycles. The van der Waals surface area contributed by atoms with Crippen molar-refractivity contribution >= 4 is 11.7 Å². The van der Waals surface area contributed by atoms with E-state index in [-0.39, 0.29) is 30.6 Å². The smallest absolute Gasteiger partial charge is 0.223 e. The second-order valence-electron chi connectivity index (χ2n) is 5.76. The van der Waals surface area contributed by atoms with Crippen molar-refractivity contribution in [1.29, 1.82) is 0 Å². The number of aromatic nitrogens is 1. The van der Waals surface area contributed by atoms with E-state index in [0.29, 0.717) is 12.1 Å². The van der Waals surface area contributed by atoms with Crippen LogP contribution in [0.25, 0.3) is 0 Å². The van der Waals surface area contributed by atoms with E-state index in [1.807, 2.05) is 44.2 Å². The van der Waals surface area contributed by atoms with Crippen molar-refractivity contribution in [2.45, 2.75) is 39.3 Å². The number of hydrogen-bond acceptors (Lipinski definition) is 3. The minimum atomic E-state index is 0.00101. The van der Waals surface area contributed by atoms with Crippen molar-refractivity contribution < 1.29 is 9.59 Å². The Labute approximate surface area is 137 Å². The number of Topliss-reactive ketones (excluding diaryl/α,β-unsaturated/α-hetero) is 1. The SMILES string of the molecule is CC(C)N(Cc1ccncc1)C(=O)CCC(=O)c1ccccc1. The van der Waals surface area contributed by atoms with Gasteiger partial charge in [-0.3, -0.25) is 14.6 Å². The van der Waals surface area contributed by atoms with Gasteiger partial charge in [0.05, 0.1) is 0 Å². The van der Waals surface area contributed by atoms with Gasteiger partial charge >= 0.3 is 0 Å². The van der Waals surface area contributed by atoms with Gasteiger partial charge < -0.3 is 4.90 Å². The summed E-state index contributed by atoms with van der Waals surface area (Å²) in [6, 6.07) is 13.0. The highest BCUT2D eigenvalue weighted by Gasteiger charge is 2.18. The Kier molecular flexibility index (Phi) is 6.03. The number of ketones is 1. The molecular formula is C19H22N2O2. The molecule has 0 bridgehead atoms. The van der Waals surface area contributed by atoms with Crippen LogP contribution < -0.4 is 0 Å². The largest absolute Gasteiger partial charge is 0.336 e. The van der Waals surface area contributed by atoms with Crippen LogP contribution in [0.3, 0.4) is 0 Å². The third-order valence-electron chi connectivity index (χ3n) is 3.71. The Hall–Kier alpha value is -2.49. The summed E-state index contributed by atoms with van der Waals surface area (Å²) in [4.78, 5) is 30.4. The Morgan fingerprint density at radius 2 is 1.65 bits per heavy atom. The van der Waals surface area contributed by atoms with Crippen molar-refractivity contribution in [2.75, 3.05) is 0 Å². The van der Waals surface area contributed by atoms with Gasteiger partial charge in [0, 0.05) is 43.4 Å². The lowest BCUT2D eigenvalue weighted by Crippen LogP contribution is -2.36. The zero-order valence-corrected chi connectivity index (χ0v) is 13.6. The highest BCUT2D eigenvalue weighted by Crippen LogP contribution is 2.12. The number of pyridine rings is 1. The van der Waals surface area contributed by atoms with Crippen molar-refractivity contribution in [3.63, 3.8) is 0 Å². The molecule has 0 saturated heterocycles. The number of carbonyl (C=O) groups is 2. The van der Waals surface area contributed by atoms with Crippen LogP contribution in [0.5, 0.6) is 0 Å². The van der Waals surface area contributed by atoms with Gasteiger partial charge in [0.2, 0.25) is 5.91 Å². The molecular weight excluding hydrogens is 288 g/mol. The highest BCUT2D eigenvalue weighted by atomic mass is 16.2. The molecule has 1 aromatic heterocycles. The van der Waals surface area contributed by atoms with E-state index in [4.69, 9.17) is 0 Å². The second kappa shape index (κ2) is 8.22. The van der Waals surface area contributed by atoms with Crippen LogP contribution in [-0.2, 0) is 11.3 Å². The Morgan fingerprint density at radius 1 is 1.00 bits per heavy atom. The number of hydrogen-bond donors (Lipinski definition) is 0. The minimum Gasteiger partial charge on any atom is -0.336 e. The highest BCUT2D eigenvalue weighted by molar-refractivity contribution is 5.97. The van der Waals surface area contributed by atoms with E-state index < -0.39 is 0 Å². The average Bonchev–Trinajstić information content (AvgIpc) is 2.58. The Morgan fingerprint density at radius 3 is 2.26 bits per heavy atom. The van der Waals surface area contributed by atoms with Gasteiger partial charge in [-0.1, -0.05) is 30.3 Å². The number of rotatable bonds is 7. The normalized spacial score (nSPS) is 10.6. The first-order valence-electron chi connectivity index (χ1n) is 7.84. The molecule has 0 unspecified atom stereocenters. The Bertz CT molecular complexity index is 639. The maximum absolute atomic E-state index is 12.5. The van der Waals surface area contributed by atoms with E-state index in [1.165, 1.54) is 0 Å². The molecule has 4 nitrogen and oxygen atoms in total. The van der Waals surface area contributed by atoms with Gasteiger partial charge in [-0.2, -0.15) is 0 Å². The van der Waals surface area contributed by atoms with Gasteiger partial charge in [0.25, 0.3) is 0 Å². The standard InChI is InChI=1S/C19H22N2O2/c1-15(2)21(14-16-10-12-20-13-11-16)19(23)9-8-18(22)17-6-4-3-5-7-17/h3-7,10-13,15H,8-9,14H2,1-2H3. The monoisotopic (exact) mass is 310 g/mol.